The minimum atomic E-state index is -0.784. The van der Waals surface area contributed by atoms with Crippen molar-refractivity contribution in [3.8, 4) is 0 Å². The average Bonchev–Trinajstić information content (AvgIpc) is 2.88. The Kier molecular flexibility index (Phi) is 5.23. The van der Waals surface area contributed by atoms with Crippen LogP contribution in [0, 0.1) is 5.92 Å². The minimum Gasteiger partial charge on any atom is -0.465 e. The monoisotopic (exact) mass is 290 g/mol. The van der Waals surface area contributed by atoms with E-state index >= 15 is 0 Å². The fourth-order valence-corrected chi connectivity index (χ4v) is 3.20. The van der Waals surface area contributed by atoms with Crippen molar-refractivity contribution in [2.45, 2.75) is 38.1 Å². The Hall–Kier alpha value is -1.55. The van der Waals surface area contributed by atoms with Gasteiger partial charge >= 0.3 is 5.97 Å². The molecule has 116 valence electrons. The van der Waals surface area contributed by atoms with E-state index < -0.39 is 5.54 Å². The summed E-state index contributed by atoms with van der Waals surface area (Å²) in [7, 11) is 2.08. The Morgan fingerprint density at radius 2 is 2.14 bits per heavy atom. The molecular formula is C17H26N2O2. The number of anilines is 1. The van der Waals surface area contributed by atoms with Crippen LogP contribution in [0.2, 0.25) is 0 Å². The van der Waals surface area contributed by atoms with Crippen molar-refractivity contribution in [2.24, 2.45) is 11.7 Å². The van der Waals surface area contributed by atoms with Crippen LogP contribution in [-0.2, 0) is 9.53 Å². The molecule has 4 heteroatoms. The van der Waals surface area contributed by atoms with Crippen molar-refractivity contribution in [1.29, 1.82) is 0 Å². The predicted octanol–water partition coefficient (Wildman–Crippen LogP) is 2.57. The van der Waals surface area contributed by atoms with Gasteiger partial charge in [-0.1, -0.05) is 24.6 Å². The third-order valence-electron chi connectivity index (χ3n) is 4.54. The highest BCUT2D eigenvalue weighted by molar-refractivity contribution is 5.81. The number of ether oxygens (including phenoxy) is 1. The lowest BCUT2D eigenvalue weighted by molar-refractivity contribution is -0.151. The highest BCUT2D eigenvalue weighted by atomic mass is 16.5. The molecule has 2 rings (SSSR count). The van der Waals surface area contributed by atoms with Crippen molar-refractivity contribution in [1.82, 2.24) is 0 Å². The van der Waals surface area contributed by atoms with Gasteiger partial charge in [0.25, 0.3) is 0 Å². The lowest BCUT2D eigenvalue weighted by atomic mass is 9.85. The highest BCUT2D eigenvalue weighted by Crippen LogP contribution is 2.37. The fraction of sp³-hybridized carbons (Fsp3) is 0.588. The Morgan fingerprint density at radius 1 is 1.43 bits per heavy atom. The first-order chi connectivity index (χ1) is 10.1. The van der Waals surface area contributed by atoms with Crippen LogP contribution in [-0.4, -0.2) is 31.7 Å². The summed E-state index contributed by atoms with van der Waals surface area (Å²) in [5.74, 6) is -0.0161. The molecule has 2 unspecified atom stereocenters. The zero-order chi connectivity index (χ0) is 15.3. The molecule has 1 aliphatic carbocycles. The molecule has 0 aromatic heterocycles. The van der Waals surface area contributed by atoms with Crippen LogP contribution in [0.3, 0.4) is 0 Å². The number of nitrogens with zero attached hydrogens (tertiary/aromatic N) is 1. The number of hydrogen-bond donors (Lipinski definition) is 1. The van der Waals surface area contributed by atoms with Crippen molar-refractivity contribution in [3.05, 3.63) is 30.3 Å². The zero-order valence-corrected chi connectivity index (χ0v) is 13.0. The van der Waals surface area contributed by atoms with E-state index in [0.717, 1.165) is 32.2 Å². The number of nitrogens with two attached hydrogens (primary N) is 1. The lowest BCUT2D eigenvalue weighted by Gasteiger charge is -2.30. The summed E-state index contributed by atoms with van der Waals surface area (Å²) in [6, 6.07) is 10.3. The normalized spacial score (nSPS) is 24.8. The van der Waals surface area contributed by atoms with Crippen molar-refractivity contribution in [3.63, 3.8) is 0 Å². The van der Waals surface area contributed by atoms with E-state index in [4.69, 9.17) is 10.5 Å². The van der Waals surface area contributed by atoms with Gasteiger partial charge in [-0.3, -0.25) is 4.79 Å². The second kappa shape index (κ2) is 6.94. The fourth-order valence-electron chi connectivity index (χ4n) is 3.20. The molecule has 0 aliphatic heterocycles. The standard InChI is InChI=1S/C17H26N2O2/c1-3-21-16(20)17(18)12-7-8-14(17)11-13-19(2)15-9-5-4-6-10-15/h4-6,9-10,14H,3,7-8,11-13,18H2,1-2H3. The molecule has 1 aliphatic rings. The van der Waals surface area contributed by atoms with Gasteiger partial charge in [-0.05, 0) is 44.2 Å². The molecule has 2 N–H and O–H groups in total. The average molecular weight is 290 g/mol. The first-order valence-electron chi connectivity index (χ1n) is 7.80. The molecule has 0 heterocycles. The molecule has 0 spiro atoms. The van der Waals surface area contributed by atoms with E-state index in [1.807, 2.05) is 25.1 Å². The van der Waals surface area contributed by atoms with Gasteiger partial charge in [0.2, 0.25) is 0 Å². The third-order valence-corrected chi connectivity index (χ3v) is 4.54. The van der Waals surface area contributed by atoms with Crippen LogP contribution >= 0.6 is 0 Å². The minimum absolute atomic E-state index is 0.211. The van der Waals surface area contributed by atoms with E-state index in [2.05, 4.69) is 24.1 Å². The number of rotatable bonds is 6. The summed E-state index contributed by atoms with van der Waals surface area (Å²) in [6.07, 6.45) is 3.68. The molecule has 1 aromatic carbocycles. The van der Waals surface area contributed by atoms with E-state index in [1.165, 1.54) is 5.69 Å². The topological polar surface area (TPSA) is 55.6 Å². The quantitative estimate of drug-likeness (QED) is 0.818. The third kappa shape index (κ3) is 3.56. The number of carbonyl (C=O) groups excluding carboxylic acids is 1. The maximum absolute atomic E-state index is 12.1. The molecule has 0 amide bonds. The summed E-state index contributed by atoms with van der Waals surface area (Å²) < 4.78 is 5.17. The van der Waals surface area contributed by atoms with Crippen molar-refractivity contribution in [2.75, 3.05) is 25.1 Å². The molecule has 0 bridgehead atoms. The van der Waals surface area contributed by atoms with Gasteiger partial charge in [0.05, 0.1) is 6.61 Å². The van der Waals surface area contributed by atoms with Crippen LogP contribution in [0.5, 0.6) is 0 Å². The Labute approximate surface area is 127 Å². The number of para-hydroxylation sites is 1. The number of hydrogen-bond acceptors (Lipinski definition) is 4. The maximum atomic E-state index is 12.1. The first kappa shape index (κ1) is 15.8. The maximum Gasteiger partial charge on any atom is 0.326 e. The summed E-state index contributed by atoms with van der Waals surface area (Å²) in [5.41, 5.74) is 6.77. The summed E-state index contributed by atoms with van der Waals surface area (Å²) >= 11 is 0. The molecule has 1 fully saturated rings. The molecule has 2 atom stereocenters. The smallest absolute Gasteiger partial charge is 0.326 e. The van der Waals surface area contributed by atoms with E-state index in [9.17, 15) is 4.79 Å². The Bertz CT molecular complexity index is 463. The summed E-state index contributed by atoms with van der Waals surface area (Å²) in [5, 5.41) is 0. The van der Waals surface area contributed by atoms with Gasteiger partial charge in [0.15, 0.2) is 0 Å². The summed E-state index contributed by atoms with van der Waals surface area (Å²) in [4.78, 5) is 14.3. The van der Waals surface area contributed by atoms with Gasteiger partial charge in [-0.15, -0.1) is 0 Å². The summed E-state index contributed by atoms with van der Waals surface area (Å²) in [6.45, 7) is 3.12. The van der Waals surface area contributed by atoms with E-state index in [1.54, 1.807) is 0 Å². The van der Waals surface area contributed by atoms with Gasteiger partial charge < -0.3 is 15.4 Å². The van der Waals surface area contributed by atoms with E-state index in [-0.39, 0.29) is 11.9 Å². The second-order valence-corrected chi connectivity index (χ2v) is 5.90. The van der Waals surface area contributed by atoms with Crippen LogP contribution < -0.4 is 10.6 Å². The molecule has 1 aromatic rings. The molecular weight excluding hydrogens is 264 g/mol. The van der Waals surface area contributed by atoms with Crippen LogP contribution in [0.4, 0.5) is 5.69 Å². The van der Waals surface area contributed by atoms with Crippen LogP contribution in [0.15, 0.2) is 30.3 Å². The van der Waals surface area contributed by atoms with Crippen LogP contribution in [0.1, 0.15) is 32.6 Å². The highest BCUT2D eigenvalue weighted by Gasteiger charge is 2.46. The lowest BCUT2D eigenvalue weighted by Crippen LogP contribution is -2.52. The van der Waals surface area contributed by atoms with Crippen molar-refractivity contribution >= 4 is 11.7 Å². The van der Waals surface area contributed by atoms with Gasteiger partial charge in [-0.25, -0.2) is 0 Å². The van der Waals surface area contributed by atoms with Gasteiger partial charge in [-0.2, -0.15) is 0 Å². The molecule has 1 saturated carbocycles. The Morgan fingerprint density at radius 3 is 2.81 bits per heavy atom. The van der Waals surface area contributed by atoms with E-state index in [0.29, 0.717) is 6.61 Å². The zero-order valence-electron chi connectivity index (χ0n) is 13.0. The SMILES string of the molecule is CCOC(=O)C1(N)CCCC1CCN(C)c1ccccc1. The largest absolute Gasteiger partial charge is 0.465 e. The van der Waals surface area contributed by atoms with Crippen LogP contribution in [0.25, 0.3) is 0 Å². The number of esters is 1. The van der Waals surface area contributed by atoms with Gasteiger partial charge in [0.1, 0.15) is 5.54 Å². The predicted molar refractivity (Wildman–Crippen MR) is 85.2 cm³/mol. The second-order valence-electron chi connectivity index (χ2n) is 5.90. The number of benzene rings is 1. The molecule has 21 heavy (non-hydrogen) atoms. The Balaban J connectivity index is 1.94. The molecule has 0 saturated heterocycles. The van der Waals surface area contributed by atoms with Crippen molar-refractivity contribution < 1.29 is 9.53 Å². The van der Waals surface area contributed by atoms with Gasteiger partial charge in [0, 0.05) is 19.3 Å². The molecule has 0 radical (unpaired) electrons. The first-order valence-corrected chi connectivity index (χ1v) is 7.80. The molecule has 4 nitrogen and oxygen atoms in total. The number of carbonyl (C=O) groups is 1.